The zero-order chi connectivity index (χ0) is 12.3. The Morgan fingerprint density at radius 3 is 2.12 bits per heavy atom. The molecule has 0 fully saturated rings. The molecule has 1 aromatic rings. The van der Waals surface area contributed by atoms with Crippen LogP contribution < -0.4 is 0 Å². The topological polar surface area (TPSA) is 20.2 Å². The molecule has 1 unspecified atom stereocenters. The molecule has 0 radical (unpaired) electrons. The second-order valence-electron chi connectivity index (χ2n) is 4.84. The summed E-state index contributed by atoms with van der Waals surface area (Å²) in [5.41, 5.74) is 0.741. The maximum atomic E-state index is 9.51. The fourth-order valence-electron chi connectivity index (χ4n) is 1.55. The van der Waals surface area contributed by atoms with Gasteiger partial charge < -0.3 is 5.11 Å². The summed E-state index contributed by atoms with van der Waals surface area (Å²) in [6.45, 7) is 6.38. The number of aliphatic hydroxyl groups excluding tert-OH is 1. The van der Waals surface area contributed by atoms with E-state index in [-0.39, 0.29) is 12.0 Å². The van der Waals surface area contributed by atoms with E-state index < -0.39 is 0 Å². The maximum absolute atomic E-state index is 9.51. The molecule has 1 aromatic carbocycles. The molecule has 0 amide bonds. The Labute approximate surface area is 107 Å². The minimum absolute atomic E-state index is 0.131. The highest BCUT2D eigenvalue weighted by Gasteiger charge is 2.29. The molecule has 1 atom stereocenters. The first-order valence-corrected chi connectivity index (χ1v) is 6.20. The molecule has 0 spiro atoms. The SMILES string of the molecule is CC(C)C(C)(CO)Cc1c(Cl)cccc1Cl. The van der Waals surface area contributed by atoms with Gasteiger partial charge in [-0.2, -0.15) is 0 Å². The van der Waals surface area contributed by atoms with Crippen LogP contribution in [0.1, 0.15) is 26.3 Å². The zero-order valence-corrected chi connectivity index (χ0v) is 11.4. The minimum atomic E-state index is -0.186. The van der Waals surface area contributed by atoms with Gasteiger partial charge in [-0.05, 0) is 35.4 Å². The summed E-state index contributed by atoms with van der Waals surface area (Å²) < 4.78 is 0. The molecule has 0 aliphatic carbocycles. The number of halogens is 2. The van der Waals surface area contributed by atoms with Crippen LogP contribution in [0.4, 0.5) is 0 Å². The Morgan fingerprint density at radius 2 is 1.75 bits per heavy atom. The Kier molecular flexibility index (Phi) is 4.66. The molecule has 0 aliphatic heterocycles. The minimum Gasteiger partial charge on any atom is -0.396 e. The lowest BCUT2D eigenvalue weighted by molar-refractivity contribution is 0.0948. The van der Waals surface area contributed by atoms with E-state index in [1.165, 1.54) is 0 Å². The molecule has 1 N–H and O–H groups in total. The van der Waals surface area contributed by atoms with Crippen molar-refractivity contribution in [3.63, 3.8) is 0 Å². The van der Waals surface area contributed by atoms with Crippen molar-refractivity contribution in [2.45, 2.75) is 27.2 Å². The summed E-state index contributed by atoms with van der Waals surface area (Å²) in [4.78, 5) is 0. The third-order valence-electron chi connectivity index (χ3n) is 3.40. The molecular formula is C13H18Cl2O. The lowest BCUT2D eigenvalue weighted by Crippen LogP contribution is -2.30. The highest BCUT2D eigenvalue weighted by atomic mass is 35.5. The second kappa shape index (κ2) is 5.39. The van der Waals surface area contributed by atoms with Crippen molar-refractivity contribution in [2.24, 2.45) is 11.3 Å². The third-order valence-corrected chi connectivity index (χ3v) is 4.11. The maximum Gasteiger partial charge on any atom is 0.0490 e. The Bertz CT molecular complexity index is 343. The van der Waals surface area contributed by atoms with Crippen LogP contribution in [0.25, 0.3) is 0 Å². The third kappa shape index (κ3) is 2.91. The summed E-state index contributed by atoms with van der Waals surface area (Å²) in [7, 11) is 0. The average Bonchev–Trinajstić information content (AvgIpc) is 2.23. The van der Waals surface area contributed by atoms with Crippen LogP contribution in [0.15, 0.2) is 18.2 Å². The van der Waals surface area contributed by atoms with Crippen LogP contribution in [-0.4, -0.2) is 11.7 Å². The fraction of sp³-hybridized carbons (Fsp3) is 0.538. The molecule has 90 valence electrons. The van der Waals surface area contributed by atoms with E-state index in [2.05, 4.69) is 20.8 Å². The first kappa shape index (κ1) is 13.8. The standard InChI is InChI=1S/C13H18Cl2O/c1-9(2)13(3,8-16)7-10-11(14)5-4-6-12(10)15/h4-6,9,16H,7-8H2,1-3H3. The quantitative estimate of drug-likeness (QED) is 0.861. The van der Waals surface area contributed by atoms with Gasteiger partial charge in [0.1, 0.15) is 0 Å². The second-order valence-corrected chi connectivity index (χ2v) is 5.66. The molecule has 0 bridgehead atoms. The van der Waals surface area contributed by atoms with E-state index in [9.17, 15) is 5.11 Å². The van der Waals surface area contributed by atoms with Gasteiger partial charge in [0.15, 0.2) is 0 Å². The molecular weight excluding hydrogens is 243 g/mol. The number of hydrogen-bond donors (Lipinski definition) is 1. The van der Waals surface area contributed by atoms with Gasteiger partial charge in [-0.3, -0.25) is 0 Å². The summed E-state index contributed by atoms with van der Waals surface area (Å²) in [5, 5.41) is 10.9. The highest BCUT2D eigenvalue weighted by molar-refractivity contribution is 6.36. The molecule has 0 saturated carbocycles. The van der Waals surface area contributed by atoms with Gasteiger partial charge in [0.25, 0.3) is 0 Å². The molecule has 3 heteroatoms. The monoisotopic (exact) mass is 260 g/mol. The first-order valence-electron chi connectivity index (χ1n) is 5.44. The van der Waals surface area contributed by atoms with E-state index in [1.54, 1.807) is 0 Å². The van der Waals surface area contributed by atoms with Crippen LogP contribution in [0, 0.1) is 11.3 Å². The Hall–Kier alpha value is -0.240. The van der Waals surface area contributed by atoms with Crippen LogP contribution in [0.5, 0.6) is 0 Å². The molecule has 0 saturated heterocycles. The molecule has 1 rings (SSSR count). The molecule has 0 heterocycles. The zero-order valence-electron chi connectivity index (χ0n) is 9.93. The van der Waals surface area contributed by atoms with Gasteiger partial charge in [-0.25, -0.2) is 0 Å². The predicted octanol–water partition coefficient (Wildman–Crippen LogP) is 4.19. The van der Waals surface area contributed by atoms with Gasteiger partial charge in [-0.15, -0.1) is 0 Å². The Morgan fingerprint density at radius 1 is 1.25 bits per heavy atom. The fourth-order valence-corrected chi connectivity index (χ4v) is 2.08. The molecule has 1 nitrogen and oxygen atoms in total. The molecule has 0 aromatic heterocycles. The lowest BCUT2D eigenvalue weighted by Gasteiger charge is -2.32. The number of benzene rings is 1. The van der Waals surface area contributed by atoms with Gasteiger partial charge in [0.05, 0.1) is 0 Å². The predicted molar refractivity (Wildman–Crippen MR) is 70.2 cm³/mol. The normalized spacial score (nSPS) is 15.2. The molecule has 16 heavy (non-hydrogen) atoms. The van der Waals surface area contributed by atoms with Gasteiger partial charge in [-0.1, -0.05) is 50.0 Å². The first-order chi connectivity index (χ1) is 7.40. The van der Waals surface area contributed by atoms with Crippen LogP contribution >= 0.6 is 23.2 Å². The van der Waals surface area contributed by atoms with Crippen molar-refractivity contribution < 1.29 is 5.11 Å². The summed E-state index contributed by atoms with van der Waals surface area (Å²) >= 11 is 12.3. The average molecular weight is 261 g/mol. The van der Waals surface area contributed by atoms with Crippen molar-refractivity contribution in [1.29, 1.82) is 0 Å². The van der Waals surface area contributed by atoms with E-state index in [1.807, 2.05) is 18.2 Å². The summed E-state index contributed by atoms with van der Waals surface area (Å²) in [5.74, 6) is 0.366. The summed E-state index contributed by atoms with van der Waals surface area (Å²) in [6.07, 6.45) is 0.694. The van der Waals surface area contributed by atoms with E-state index in [4.69, 9.17) is 23.2 Å². The van der Waals surface area contributed by atoms with Crippen molar-refractivity contribution in [3.8, 4) is 0 Å². The smallest absolute Gasteiger partial charge is 0.0490 e. The van der Waals surface area contributed by atoms with E-state index in [0.717, 1.165) is 5.56 Å². The number of aliphatic hydroxyl groups is 1. The number of hydrogen-bond acceptors (Lipinski definition) is 1. The summed E-state index contributed by atoms with van der Waals surface area (Å²) in [6, 6.07) is 5.50. The van der Waals surface area contributed by atoms with Crippen molar-refractivity contribution in [3.05, 3.63) is 33.8 Å². The highest BCUT2D eigenvalue weighted by Crippen LogP contribution is 2.35. The largest absolute Gasteiger partial charge is 0.396 e. The van der Waals surface area contributed by atoms with Gasteiger partial charge in [0.2, 0.25) is 0 Å². The molecule has 0 aliphatic rings. The van der Waals surface area contributed by atoms with E-state index in [0.29, 0.717) is 22.4 Å². The van der Waals surface area contributed by atoms with Crippen molar-refractivity contribution in [2.75, 3.05) is 6.61 Å². The lowest BCUT2D eigenvalue weighted by atomic mass is 9.75. The van der Waals surface area contributed by atoms with Crippen molar-refractivity contribution in [1.82, 2.24) is 0 Å². The van der Waals surface area contributed by atoms with Gasteiger partial charge in [0, 0.05) is 16.7 Å². The van der Waals surface area contributed by atoms with Crippen LogP contribution in [0.3, 0.4) is 0 Å². The van der Waals surface area contributed by atoms with Crippen molar-refractivity contribution >= 4 is 23.2 Å². The number of rotatable bonds is 4. The van der Waals surface area contributed by atoms with E-state index >= 15 is 0 Å². The van der Waals surface area contributed by atoms with Crippen LogP contribution in [-0.2, 0) is 6.42 Å². The van der Waals surface area contributed by atoms with Gasteiger partial charge >= 0.3 is 0 Å². The van der Waals surface area contributed by atoms with Crippen LogP contribution in [0.2, 0.25) is 10.0 Å². The Balaban J connectivity index is 3.03.